The summed E-state index contributed by atoms with van der Waals surface area (Å²) in [6, 6.07) is 2.68. The molecule has 1 aromatic carbocycles. The first-order valence-electron chi connectivity index (χ1n) is 6.26. The first kappa shape index (κ1) is 18.7. The van der Waals surface area contributed by atoms with Crippen LogP contribution >= 0.6 is 23.2 Å². The molecule has 2 rings (SSSR count). The highest BCUT2D eigenvalue weighted by Crippen LogP contribution is 2.32. The van der Waals surface area contributed by atoms with Crippen molar-refractivity contribution < 1.29 is 23.2 Å². The zero-order valence-electron chi connectivity index (χ0n) is 11.8. The van der Waals surface area contributed by atoms with Crippen LogP contribution in [0.5, 0.6) is 5.75 Å². The Morgan fingerprint density at radius 3 is 2.52 bits per heavy atom. The fraction of sp³-hybridized carbons (Fsp3) is 0.0769. The van der Waals surface area contributed by atoms with Crippen molar-refractivity contribution in [2.75, 3.05) is 5.43 Å². The summed E-state index contributed by atoms with van der Waals surface area (Å²) in [5.74, 6) is -1.12. The van der Waals surface area contributed by atoms with E-state index in [4.69, 9.17) is 23.2 Å². The summed E-state index contributed by atoms with van der Waals surface area (Å²) in [6.07, 6.45) is -3.14. The molecule has 0 saturated carbocycles. The maximum absolute atomic E-state index is 12.5. The third-order valence-corrected chi connectivity index (χ3v) is 3.31. The van der Waals surface area contributed by atoms with E-state index in [0.717, 1.165) is 18.3 Å². The van der Waals surface area contributed by atoms with Crippen LogP contribution in [0.4, 0.5) is 24.7 Å². The van der Waals surface area contributed by atoms with E-state index in [0.29, 0.717) is 12.3 Å². The van der Waals surface area contributed by atoms with Gasteiger partial charge in [-0.2, -0.15) is 18.3 Å². The van der Waals surface area contributed by atoms with Gasteiger partial charge in [-0.1, -0.05) is 23.2 Å². The smallest absolute Gasteiger partial charge is 0.417 e. The zero-order valence-corrected chi connectivity index (χ0v) is 13.4. The minimum Gasteiger partial charge on any atom is -0.867 e. The molecule has 0 aliphatic heterocycles. The number of rotatable bonds is 4. The Bertz CT molecular complexity index is 859. The summed E-state index contributed by atoms with van der Waals surface area (Å²) in [5, 5.41) is 25.8. The van der Waals surface area contributed by atoms with Gasteiger partial charge in [0.05, 0.1) is 21.7 Å². The lowest BCUT2D eigenvalue weighted by Gasteiger charge is -2.11. The Hall–Kier alpha value is -2.59. The van der Waals surface area contributed by atoms with Gasteiger partial charge in [-0.25, -0.2) is 4.98 Å². The van der Waals surface area contributed by atoms with Gasteiger partial charge in [0, 0.05) is 17.3 Å². The highest BCUT2D eigenvalue weighted by atomic mass is 35.5. The Labute approximate surface area is 147 Å². The van der Waals surface area contributed by atoms with Crippen LogP contribution in [0.25, 0.3) is 0 Å². The number of pyridine rings is 1. The summed E-state index contributed by atoms with van der Waals surface area (Å²) in [5.41, 5.74) is 0.265. The second-order valence-electron chi connectivity index (χ2n) is 4.52. The molecule has 0 unspecified atom stereocenters. The number of nitro benzene ring substituents is 1. The molecule has 2 aromatic rings. The topological polar surface area (TPSA) is 103 Å². The third-order valence-electron chi connectivity index (χ3n) is 2.80. The van der Waals surface area contributed by atoms with E-state index in [2.05, 4.69) is 15.5 Å². The Morgan fingerprint density at radius 2 is 1.96 bits per heavy atom. The second-order valence-corrected chi connectivity index (χ2v) is 5.37. The molecular weight excluding hydrogens is 388 g/mol. The third kappa shape index (κ3) is 4.48. The molecule has 0 aliphatic carbocycles. The van der Waals surface area contributed by atoms with Crippen LogP contribution in [0, 0.1) is 10.1 Å². The van der Waals surface area contributed by atoms with E-state index in [-0.39, 0.29) is 21.4 Å². The van der Waals surface area contributed by atoms with Gasteiger partial charge in [-0.15, -0.1) is 0 Å². The minimum absolute atomic E-state index is 0.0570. The second kappa shape index (κ2) is 7.11. The number of aromatic nitrogens is 1. The highest BCUT2D eigenvalue weighted by molar-refractivity contribution is 6.33. The molecule has 0 saturated heterocycles. The molecule has 1 aromatic heterocycles. The number of benzene rings is 1. The van der Waals surface area contributed by atoms with Crippen molar-refractivity contribution in [3.63, 3.8) is 0 Å². The number of nitrogens with zero attached hydrogens (tertiary/aromatic N) is 3. The first-order valence-corrected chi connectivity index (χ1v) is 7.02. The van der Waals surface area contributed by atoms with Crippen molar-refractivity contribution in [2.24, 2.45) is 5.10 Å². The van der Waals surface area contributed by atoms with E-state index in [1.54, 1.807) is 0 Å². The molecule has 1 N–H and O–H groups in total. The van der Waals surface area contributed by atoms with Crippen LogP contribution in [0.1, 0.15) is 11.1 Å². The average Bonchev–Trinajstić information content (AvgIpc) is 2.50. The number of nitro groups is 1. The summed E-state index contributed by atoms with van der Waals surface area (Å²) in [7, 11) is 0. The molecule has 12 heteroatoms. The van der Waals surface area contributed by atoms with E-state index >= 15 is 0 Å². The van der Waals surface area contributed by atoms with Gasteiger partial charge in [0.1, 0.15) is 0 Å². The Morgan fingerprint density at radius 1 is 1.28 bits per heavy atom. The summed E-state index contributed by atoms with van der Waals surface area (Å²) < 4.78 is 37.5. The number of hydrogen-bond donors (Lipinski definition) is 1. The molecular formula is C13H6Cl2F3N4O3-. The van der Waals surface area contributed by atoms with Gasteiger partial charge in [-0.3, -0.25) is 15.5 Å². The van der Waals surface area contributed by atoms with E-state index in [1.165, 1.54) is 0 Å². The number of nitrogens with one attached hydrogen (secondary N) is 1. The molecule has 25 heavy (non-hydrogen) atoms. The van der Waals surface area contributed by atoms with Crippen molar-refractivity contribution in [1.82, 2.24) is 4.98 Å². The van der Waals surface area contributed by atoms with Crippen molar-refractivity contribution >= 4 is 40.9 Å². The highest BCUT2D eigenvalue weighted by Gasteiger charge is 2.31. The Kier molecular flexibility index (Phi) is 5.33. The van der Waals surface area contributed by atoms with Crippen LogP contribution in [0.15, 0.2) is 29.5 Å². The molecule has 0 bridgehead atoms. The number of anilines is 1. The lowest BCUT2D eigenvalue weighted by molar-refractivity contribution is -0.398. The Balaban J connectivity index is 2.24. The molecule has 0 aliphatic rings. The van der Waals surface area contributed by atoms with Gasteiger partial charge >= 0.3 is 6.18 Å². The fourth-order valence-corrected chi connectivity index (χ4v) is 2.10. The van der Waals surface area contributed by atoms with Gasteiger partial charge in [0.15, 0.2) is 5.82 Å². The predicted octanol–water partition coefficient (Wildman–Crippen LogP) is 3.84. The van der Waals surface area contributed by atoms with Gasteiger partial charge in [-0.05, 0) is 23.4 Å². The molecule has 0 spiro atoms. The molecule has 132 valence electrons. The van der Waals surface area contributed by atoms with Crippen LogP contribution in [0.2, 0.25) is 10.0 Å². The summed E-state index contributed by atoms with van der Waals surface area (Å²) in [6.45, 7) is 0. The lowest BCUT2D eigenvalue weighted by atomic mass is 10.2. The normalized spacial score (nSPS) is 11.7. The first-order chi connectivity index (χ1) is 11.6. The standard InChI is InChI=1S/C13H7Cl2F3N4O3/c14-8-1-6(11(23)10(3-8)22(24)25)4-20-21-12-9(15)2-7(5-19-12)13(16,17)18/h1-5,23H,(H,19,21)/p-1/b20-4-. The van der Waals surface area contributed by atoms with Gasteiger partial charge < -0.3 is 5.11 Å². The van der Waals surface area contributed by atoms with Gasteiger partial charge in [0.25, 0.3) is 5.69 Å². The van der Waals surface area contributed by atoms with Crippen molar-refractivity contribution in [2.45, 2.75) is 6.18 Å². The van der Waals surface area contributed by atoms with Crippen molar-refractivity contribution in [3.05, 3.63) is 55.7 Å². The van der Waals surface area contributed by atoms with E-state index in [1.807, 2.05) is 0 Å². The lowest BCUT2D eigenvalue weighted by Crippen LogP contribution is -2.06. The number of hydrogen-bond acceptors (Lipinski definition) is 6. The average molecular weight is 394 g/mol. The monoisotopic (exact) mass is 393 g/mol. The number of halogens is 5. The van der Waals surface area contributed by atoms with Crippen molar-refractivity contribution in [3.8, 4) is 5.75 Å². The van der Waals surface area contributed by atoms with Crippen LogP contribution < -0.4 is 10.5 Å². The molecule has 0 amide bonds. The number of alkyl halides is 3. The minimum atomic E-state index is -4.60. The fourth-order valence-electron chi connectivity index (χ4n) is 1.67. The molecule has 0 atom stereocenters. The largest absolute Gasteiger partial charge is 0.867 e. The zero-order chi connectivity index (χ0) is 18.8. The molecule has 7 nitrogen and oxygen atoms in total. The summed E-state index contributed by atoms with van der Waals surface area (Å²) >= 11 is 11.4. The quantitative estimate of drug-likeness (QED) is 0.482. The van der Waals surface area contributed by atoms with Crippen LogP contribution in [0.3, 0.4) is 0 Å². The molecule has 0 fully saturated rings. The maximum Gasteiger partial charge on any atom is 0.417 e. The SMILES string of the molecule is O=[N+]([O-])c1cc(Cl)cc(/C=N\Nc2ncc(C(F)(F)F)cc2Cl)c1[O-]. The van der Waals surface area contributed by atoms with Crippen LogP contribution in [-0.4, -0.2) is 16.1 Å². The van der Waals surface area contributed by atoms with Crippen molar-refractivity contribution in [1.29, 1.82) is 0 Å². The maximum atomic E-state index is 12.5. The molecule has 1 heterocycles. The number of hydrazone groups is 1. The van der Waals surface area contributed by atoms with Gasteiger partial charge in [0.2, 0.25) is 0 Å². The predicted molar refractivity (Wildman–Crippen MR) is 83.0 cm³/mol. The van der Waals surface area contributed by atoms with E-state index < -0.39 is 28.1 Å². The summed E-state index contributed by atoms with van der Waals surface area (Å²) in [4.78, 5) is 13.3. The van der Waals surface area contributed by atoms with E-state index in [9.17, 15) is 28.4 Å². The molecule has 0 radical (unpaired) electrons. The van der Waals surface area contributed by atoms with Crippen LogP contribution in [-0.2, 0) is 6.18 Å².